The summed E-state index contributed by atoms with van der Waals surface area (Å²) >= 11 is 1.37. The van der Waals surface area contributed by atoms with Crippen LogP contribution < -0.4 is 5.32 Å². The molecule has 1 amide bonds. The van der Waals surface area contributed by atoms with E-state index in [4.69, 9.17) is 4.74 Å². The molecule has 0 unspecified atom stereocenters. The SMILES string of the molecule is CCOC(=O)c1c(C)c(C(=O)Nc2nc(C)cs2)c(C)n1CC. The summed E-state index contributed by atoms with van der Waals surface area (Å²) in [6.45, 7) is 10.1. The molecule has 124 valence electrons. The zero-order valence-corrected chi connectivity index (χ0v) is 14.8. The van der Waals surface area contributed by atoms with Crippen molar-refractivity contribution in [3.8, 4) is 0 Å². The summed E-state index contributed by atoms with van der Waals surface area (Å²) in [5.41, 5.74) is 3.18. The van der Waals surface area contributed by atoms with Crippen LogP contribution in [0.2, 0.25) is 0 Å². The normalized spacial score (nSPS) is 10.7. The Balaban J connectivity index is 2.42. The molecule has 1 N–H and O–H groups in total. The number of aryl methyl sites for hydroxylation is 1. The van der Waals surface area contributed by atoms with Gasteiger partial charge in [-0.15, -0.1) is 11.3 Å². The molecule has 0 fully saturated rings. The second-order valence-electron chi connectivity index (χ2n) is 5.15. The Morgan fingerprint density at radius 1 is 1.30 bits per heavy atom. The van der Waals surface area contributed by atoms with Crippen LogP contribution in [0.1, 0.15) is 51.6 Å². The van der Waals surface area contributed by atoms with Crippen LogP contribution in [0.4, 0.5) is 5.13 Å². The Morgan fingerprint density at radius 2 is 2.00 bits per heavy atom. The van der Waals surface area contributed by atoms with Crippen LogP contribution >= 0.6 is 11.3 Å². The monoisotopic (exact) mass is 335 g/mol. The third-order valence-corrected chi connectivity index (χ3v) is 4.49. The topological polar surface area (TPSA) is 73.2 Å². The van der Waals surface area contributed by atoms with Crippen molar-refractivity contribution in [3.63, 3.8) is 0 Å². The van der Waals surface area contributed by atoms with E-state index in [2.05, 4.69) is 10.3 Å². The number of carbonyl (C=O) groups is 2. The standard InChI is InChI=1S/C16H21N3O3S/c1-6-19-11(5)12(10(4)13(19)15(21)22-7-2)14(20)18-16-17-9(3)8-23-16/h8H,6-7H2,1-5H3,(H,17,18,20). The zero-order chi connectivity index (χ0) is 17.1. The molecule has 0 aromatic carbocycles. The molecule has 0 aliphatic heterocycles. The Bertz CT molecular complexity index is 746. The molecule has 6 nitrogen and oxygen atoms in total. The third-order valence-electron chi connectivity index (χ3n) is 3.62. The number of aromatic nitrogens is 2. The van der Waals surface area contributed by atoms with E-state index in [9.17, 15) is 9.59 Å². The third kappa shape index (κ3) is 3.29. The molecule has 2 heterocycles. The molecule has 0 aliphatic carbocycles. The van der Waals surface area contributed by atoms with E-state index in [1.807, 2.05) is 30.7 Å². The van der Waals surface area contributed by atoms with Crippen LogP contribution in [-0.4, -0.2) is 28.0 Å². The fourth-order valence-electron chi connectivity index (χ4n) is 2.66. The Labute approximate surface area is 139 Å². The molecule has 0 spiro atoms. The second kappa shape index (κ2) is 6.95. The van der Waals surface area contributed by atoms with Gasteiger partial charge in [0, 0.05) is 17.6 Å². The Morgan fingerprint density at radius 3 is 2.52 bits per heavy atom. The Kier molecular flexibility index (Phi) is 5.20. The maximum absolute atomic E-state index is 12.6. The van der Waals surface area contributed by atoms with Crippen molar-refractivity contribution in [2.45, 2.75) is 41.2 Å². The number of esters is 1. The number of nitrogens with zero attached hydrogens (tertiary/aromatic N) is 2. The van der Waals surface area contributed by atoms with Crippen LogP contribution in [0.25, 0.3) is 0 Å². The molecule has 7 heteroatoms. The van der Waals surface area contributed by atoms with Gasteiger partial charge in [0.2, 0.25) is 0 Å². The molecular weight excluding hydrogens is 314 g/mol. The van der Waals surface area contributed by atoms with Gasteiger partial charge in [0.25, 0.3) is 5.91 Å². The van der Waals surface area contributed by atoms with Gasteiger partial charge in [-0.25, -0.2) is 9.78 Å². The molecule has 2 aromatic heterocycles. The van der Waals surface area contributed by atoms with Gasteiger partial charge in [-0.1, -0.05) is 0 Å². The first-order valence-electron chi connectivity index (χ1n) is 7.50. The molecule has 2 rings (SSSR count). The van der Waals surface area contributed by atoms with Gasteiger partial charge >= 0.3 is 5.97 Å². The van der Waals surface area contributed by atoms with Crippen LogP contribution in [0.3, 0.4) is 0 Å². The number of carbonyl (C=O) groups excluding carboxylic acids is 2. The fraction of sp³-hybridized carbons (Fsp3) is 0.438. The van der Waals surface area contributed by atoms with Crippen molar-refractivity contribution in [1.29, 1.82) is 0 Å². The molecule has 23 heavy (non-hydrogen) atoms. The number of anilines is 1. The van der Waals surface area contributed by atoms with Crippen molar-refractivity contribution < 1.29 is 14.3 Å². The van der Waals surface area contributed by atoms with E-state index in [0.29, 0.717) is 35.1 Å². The zero-order valence-electron chi connectivity index (χ0n) is 14.0. The lowest BCUT2D eigenvalue weighted by atomic mass is 10.1. The summed E-state index contributed by atoms with van der Waals surface area (Å²) in [5, 5.41) is 5.22. The lowest BCUT2D eigenvalue weighted by Gasteiger charge is -2.08. The number of ether oxygens (including phenoxy) is 1. The minimum atomic E-state index is -0.404. The summed E-state index contributed by atoms with van der Waals surface area (Å²) in [5.74, 6) is -0.661. The smallest absolute Gasteiger partial charge is 0.355 e. The predicted octanol–water partition coefficient (Wildman–Crippen LogP) is 3.32. The van der Waals surface area contributed by atoms with Gasteiger partial charge in [-0.05, 0) is 40.2 Å². The van der Waals surface area contributed by atoms with E-state index >= 15 is 0 Å². The number of hydrogen-bond donors (Lipinski definition) is 1. The molecular formula is C16H21N3O3S. The lowest BCUT2D eigenvalue weighted by Crippen LogP contribution is -2.14. The first-order valence-corrected chi connectivity index (χ1v) is 8.38. The van der Waals surface area contributed by atoms with Gasteiger partial charge in [0.05, 0.1) is 17.9 Å². The van der Waals surface area contributed by atoms with Crippen molar-refractivity contribution in [3.05, 3.63) is 33.6 Å². The van der Waals surface area contributed by atoms with E-state index in [0.717, 1.165) is 11.4 Å². The lowest BCUT2D eigenvalue weighted by molar-refractivity contribution is 0.0512. The van der Waals surface area contributed by atoms with Gasteiger partial charge in [0.15, 0.2) is 5.13 Å². The largest absolute Gasteiger partial charge is 0.461 e. The minimum Gasteiger partial charge on any atom is -0.461 e. The van der Waals surface area contributed by atoms with Crippen molar-refractivity contribution in [1.82, 2.24) is 9.55 Å². The molecule has 0 bridgehead atoms. The number of nitrogens with one attached hydrogen (secondary N) is 1. The maximum atomic E-state index is 12.6. The fourth-order valence-corrected chi connectivity index (χ4v) is 3.34. The van der Waals surface area contributed by atoms with Crippen molar-refractivity contribution in [2.24, 2.45) is 0 Å². The van der Waals surface area contributed by atoms with Gasteiger partial charge in [-0.3, -0.25) is 10.1 Å². The average molecular weight is 335 g/mol. The maximum Gasteiger partial charge on any atom is 0.355 e. The summed E-state index contributed by atoms with van der Waals surface area (Å²) in [6.07, 6.45) is 0. The van der Waals surface area contributed by atoms with Gasteiger partial charge < -0.3 is 9.30 Å². The van der Waals surface area contributed by atoms with E-state index in [1.165, 1.54) is 11.3 Å². The highest BCUT2D eigenvalue weighted by molar-refractivity contribution is 7.13. The molecule has 0 radical (unpaired) electrons. The molecule has 2 aromatic rings. The molecule has 0 saturated heterocycles. The second-order valence-corrected chi connectivity index (χ2v) is 6.01. The number of amides is 1. The number of thiazole rings is 1. The highest BCUT2D eigenvalue weighted by atomic mass is 32.1. The summed E-state index contributed by atoms with van der Waals surface area (Å²) in [4.78, 5) is 29.1. The number of rotatable bonds is 5. The Hall–Kier alpha value is -2.15. The van der Waals surface area contributed by atoms with Crippen LogP contribution in [0.5, 0.6) is 0 Å². The van der Waals surface area contributed by atoms with Crippen LogP contribution in [-0.2, 0) is 11.3 Å². The summed E-state index contributed by atoms with van der Waals surface area (Å²) < 4.78 is 6.93. The first-order chi connectivity index (χ1) is 10.9. The highest BCUT2D eigenvalue weighted by Crippen LogP contribution is 2.25. The van der Waals surface area contributed by atoms with Crippen molar-refractivity contribution in [2.75, 3.05) is 11.9 Å². The molecule has 0 saturated carbocycles. The van der Waals surface area contributed by atoms with Crippen LogP contribution in [0, 0.1) is 20.8 Å². The van der Waals surface area contributed by atoms with Gasteiger partial charge in [-0.2, -0.15) is 0 Å². The molecule has 0 atom stereocenters. The average Bonchev–Trinajstić information content (AvgIpc) is 2.99. The van der Waals surface area contributed by atoms with Gasteiger partial charge in [0.1, 0.15) is 5.69 Å². The van der Waals surface area contributed by atoms with Crippen LogP contribution in [0.15, 0.2) is 5.38 Å². The summed E-state index contributed by atoms with van der Waals surface area (Å²) in [6, 6.07) is 0. The van der Waals surface area contributed by atoms with E-state index < -0.39 is 5.97 Å². The van der Waals surface area contributed by atoms with Crippen molar-refractivity contribution >= 4 is 28.3 Å². The molecule has 0 aliphatic rings. The highest BCUT2D eigenvalue weighted by Gasteiger charge is 2.26. The van der Waals surface area contributed by atoms with E-state index in [-0.39, 0.29) is 5.91 Å². The summed E-state index contributed by atoms with van der Waals surface area (Å²) in [7, 11) is 0. The number of hydrogen-bond acceptors (Lipinski definition) is 5. The minimum absolute atomic E-state index is 0.257. The first kappa shape index (κ1) is 17.2. The predicted molar refractivity (Wildman–Crippen MR) is 90.3 cm³/mol. The quantitative estimate of drug-likeness (QED) is 0.851. The van der Waals surface area contributed by atoms with E-state index in [1.54, 1.807) is 13.8 Å².